The summed E-state index contributed by atoms with van der Waals surface area (Å²) >= 11 is 8.52. The molecule has 36 heavy (non-hydrogen) atoms. The van der Waals surface area contributed by atoms with Crippen molar-refractivity contribution >= 4 is 50.1 Å². The number of alkyl halides is 2. The summed E-state index contributed by atoms with van der Waals surface area (Å²) < 4.78 is 51.5. The van der Waals surface area contributed by atoms with Crippen LogP contribution in [0.1, 0.15) is 29.8 Å². The van der Waals surface area contributed by atoms with E-state index in [-0.39, 0.29) is 16.0 Å². The minimum absolute atomic E-state index is 0.137. The van der Waals surface area contributed by atoms with Gasteiger partial charge in [-0.1, -0.05) is 35.6 Å². The van der Waals surface area contributed by atoms with Crippen molar-refractivity contribution < 1.29 is 18.1 Å². The molecule has 1 atom stereocenters. The summed E-state index contributed by atoms with van der Waals surface area (Å²) in [5.41, 5.74) is 1.74. The fraction of sp³-hybridized carbons (Fsp3) is 0.227. The van der Waals surface area contributed by atoms with Crippen molar-refractivity contribution in [2.75, 3.05) is 0 Å². The number of halogens is 3. The highest BCUT2D eigenvalue weighted by Crippen LogP contribution is 2.41. The maximum absolute atomic E-state index is 13.1. The number of nitrogens with zero attached hydrogens (tertiary/aromatic N) is 4. The molecule has 0 spiro atoms. The zero-order valence-electron chi connectivity index (χ0n) is 18.7. The first-order valence-corrected chi connectivity index (χ1v) is 14.2. The SMILES string of the molecule is C=CS(=N)(=O)c1ccc(-c2cc(SNC3(O)CC3)cn3c(-c4nnc(C(F)F)s4)nc(Cl)c23)c(C)c1. The molecule has 0 saturated heterocycles. The zero-order valence-corrected chi connectivity index (χ0v) is 21.9. The van der Waals surface area contributed by atoms with Crippen LogP contribution < -0.4 is 4.72 Å². The summed E-state index contributed by atoms with van der Waals surface area (Å²) in [7, 11) is -3.13. The Morgan fingerprint density at radius 2 is 2.11 bits per heavy atom. The van der Waals surface area contributed by atoms with Gasteiger partial charge in [0.25, 0.3) is 6.43 Å². The highest BCUT2D eigenvalue weighted by Gasteiger charge is 2.40. The van der Waals surface area contributed by atoms with Crippen LogP contribution in [0.5, 0.6) is 0 Å². The molecule has 1 aliphatic carbocycles. The first-order chi connectivity index (χ1) is 17.0. The van der Waals surface area contributed by atoms with E-state index in [1.807, 2.05) is 13.0 Å². The maximum Gasteiger partial charge on any atom is 0.291 e. The maximum atomic E-state index is 13.1. The van der Waals surface area contributed by atoms with Crippen molar-refractivity contribution in [2.24, 2.45) is 0 Å². The Labute approximate surface area is 218 Å². The number of pyridine rings is 1. The van der Waals surface area contributed by atoms with E-state index in [4.69, 9.17) is 16.4 Å². The molecule has 0 amide bonds. The number of imidazole rings is 1. The van der Waals surface area contributed by atoms with Crippen LogP contribution in [-0.2, 0) is 9.73 Å². The molecule has 0 bridgehead atoms. The molecule has 0 radical (unpaired) electrons. The number of fused-ring (bicyclic) bond motifs is 1. The van der Waals surface area contributed by atoms with Crippen LogP contribution in [-0.4, -0.2) is 34.6 Å². The van der Waals surface area contributed by atoms with E-state index < -0.39 is 26.9 Å². The average Bonchev–Trinajstić information content (AvgIpc) is 3.24. The molecule has 1 aliphatic rings. The van der Waals surface area contributed by atoms with E-state index in [0.717, 1.165) is 27.9 Å². The molecule has 3 N–H and O–H groups in total. The Morgan fingerprint density at radius 1 is 1.36 bits per heavy atom. The van der Waals surface area contributed by atoms with Crippen molar-refractivity contribution in [2.45, 2.75) is 41.7 Å². The number of benzene rings is 1. The lowest BCUT2D eigenvalue weighted by atomic mass is 10.0. The van der Waals surface area contributed by atoms with E-state index in [2.05, 4.69) is 26.5 Å². The Balaban J connectivity index is 1.70. The molecule has 8 nitrogen and oxygen atoms in total. The number of hydrogen-bond acceptors (Lipinski definition) is 9. The molecule has 1 saturated carbocycles. The molecule has 3 heterocycles. The summed E-state index contributed by atoms with van der Waals surface area (Å²) in [4.78, 5) is 5.43. The Bertz CT molecular complexity index is 1620. The van der Waals surface area contributed by atoms with Gasteiger partial charge in [0.15, 0.2) is 21.0 Å². The monoisotopic (exact) mass is 568 g/mol. The molecule has 1 unspecified atom stereocenters. The van der Waals surface area contributed by atoms with Crippen LogP contribution >= 0.6 is 34.9 Å². The Morgan fingerprint density at radius 3 is 2.72 bits per heavy atom. The third kappa shape index (κ3) is 4.66. The number of hydrogen-bond donors (Lipinski definition) is 3. The highest BCUT2D eigenvalue weighted by atomic mass is 35.5. The summed E-state index contributed by atoms with van der Waals surface area (Å²) in [5, 5.41) is 18.7. The van der Waals surface area contributed by atoms with Gasteiger partial charge < -0.3 is 5.11 Å². The zero-order chi connectivity index (χ0) is 25.8. The lowest BCUT2D eigenvalue weighted by Crippen LogP contribution is -2.23. The van der Waals surface area contributed by atoms with Crippen molar-refractivity contribution in [3.8, 4) is 22.0 Å². The molecule has 5 rings (SSSR count). The van der Waals surface area contributed by atoms with E-state index >= 15 is 0 Å². The number of nitrogens with one attached hydrogen (secondary N) is 2. The number of rotatable bonds is 8. The number of aryl methyl sites for hydroxylation is 1. The van der Waals surface area contributed by atoms with Crippen molar-refractivity contribution in [3.63, 3.8) is 0 Å². The lowest BCUT2D eigenvalue weighted by Gasteiger charge is -2.15. The van der Waals surface area contributed by atoms with Gasteiger partial charge in [-0.25, -0.2) is 27.5 Å². The molecule has 188 valence electrons. The van der Waals surface area contributed by atoms with Crippen LogP contribution in [0, 0.1) is 11.7 Å². The second-order valence-electron chi connectivity index (χ2n) is 8.26. The van der Waals surface area contributed by atoms with Crippen molar-refractivity contribution in [3.05, 3.63) is 58.2 Å². The molecule has 0 aliphatic heterocycles. The van der Waals surface area contributed by atoms with Gasteiger partial charge in [0.05, 0.1) is 20.1 Å². The quantitative estimate of drug-likeness (QED) is 0.175. The second-order valence-corrected chi connectivity index (χ2v) is 12.5. The molecule has 14 heteroatoms. The van der Waals surface area contributed by atoms with Gasteiger partial charge in [-0.3, -0.25) is 4.40 Å². The predicted octanol–water partition coefficient (Wildman–Crippen LogP) is 6.05. The first-order valence-electron chi connectivity index (χ1n) is 10.5. The third-order valence-electron chi connectivity index (χ3n) is 5.64. The van der Waals surface area contributed by atoms with Gasteiger partial charge in [0.1, 0.15) is 5.72 Å². The summed E-state index contributed by atoms with van der Waals surface area (Å²) in [6.45, 7) is 5.32. The van der Waals surface area contributed by atoms with Crippen LogP contribution in [0.25, 0.3) is 27.5 Å². The number of aromatic nitrogens is 4. The molecule has 3 aromatic heterocycles. The van der Waals surface area contributed by atoms with Gasteiger partial charge in [-0.2, -0.15) is 0 Å². The molecular weight excluding hydrogens is 550 g/mol. The average molecular weight is 569 g/mol. The summed E-state index contributed by atoms with van der Waals surface area (Å²) in [5.74, 6) is 0.253. The van der Waals surface area contributed by atoms with Crippen molar-refractivity contribution in [1.29, 1.82) is 4.78 Å². The van der Waals surface area contributed by atoms with Gasteiger partial charge in [-0.15, -0.1) is 10.2 Å². The predicted molar refractivity (Wildman–Crippen MR) is 137 cm³/mol. The van der Waals surface area contributed by atoms with Gasteiger partial charge in [0.2, 0.25) is 0 Å². The summed E-state index contributed by atoms with van der Waals surface area (Å²) in [6.07, 6.45) is 0.244. The van der Waals surface area contributed by atoms with E-state index in [1.54, 1.807) is 28.8 Å². The lowest BCUT2D eigenvalue weighted by molar-refractivity contribution is 0.142. The van der Waals surface area contributed by atoms with Gasteiger partial charge >= 0.3 is 0 Å². The Hall–Kier alpha value is -2.42. The Kier molecular flexibility index (Phi) is 6.42. The molecular formula is C22H19ClF2N6O2S3. The fourth-order valence-electron chi connectivity index (χ4n) is 3.57. The van der Waals surface area contributed by atoms with E-state index in [9.17, 15) is 18.1 Å². The topological polar surface area (TPSA) is 116 Å². The van der Waals surface area contributed by atoms with Gasteiger partial charge in [-0.05, 0) is 61.0 Å². The molecule has 4 aromatic rings. The largest absolute Gasteiger partial charge is 0.375 e. The van der Waals surface area contributed by atoms with Gasteiger partial charge in [0, 0.05) is 22.1 Å². The minimum Gasteiger partial charge on any atom is -0.375 e. The minimum atomic E-state index is -3.13. The standard InChI is InChI=1S/C22H19ClF2N6O2S3/c1-3-36(26,33)13-4-5-14(11(2)8-13)15-9-12(35-30-22(32)6-7-22)10-31-16(15)17(23)27-19(31)21-29-28-20(34-21)18(24)25/h3-5,8-10,18,26,30,32H,1,6-7H2,2H3. The van der Waals surface area contributed by atoms with E-state index in [0.29, 0.717) is 33.7 Å². The summed E-state index contributed by atoms with van der Waals surface area (Å²) in [6, 6.07) is 6.88. The van der Waals surface area contributed by atoms with E-state index in [1.165, 1.54) is 11.9 Å². The third-order valence-corrected chi connectivity index (χ3v) is 9.20. The normalized spacial score (nSPS) is 16.4. The molecule has 1 fully saturated rings. The second kappa shape index (κ2) is 9.15. The van der Waals surface area contributed by atoms with Crippen LogP contribution in [0.2, 0.25) is 5.15 Å². The highest BCUT2D eigenvalue weighted by molar-refractivity contribution is 7.97. The fourth-order valence-corrected chi connectivity index (χ4v) is 6.19. The first kappa shape index (κ1) is 25.2. The van der Waals surface area contributed by atoms with Crippen LogP contribution in [0.15, 0.2) is 52.2 Å². The van der Waals surface area contributed by atoms with Crippen LogP contribution in [0.3, 0.4) is 0 Å². The van der Waals surface area contributed by atoms with Crippen LogP contribution in [0.4, 0.5) is 8.78 Å². The van der Waals surface area contributed by atoms with Crippen molar-refractivity contribution in [1.82, 2.24) is 24.3 Å². The smallest absolute Gasteiger partial charge is 0.291 e. The molecule has 1 aromatic carbocycles. The number of aliphatic hydroxyl groups is 1.